The Labute approximate surface area is 111 Å². The summed E-state index contributed by atoms with van der Waals surface area (Å²) in [6.45, 7) is 12.5. The first-order valence-electron chi connectivity index (χ1n) is 6.99. The van der Waals surface area contributed by atoms with Crippen LogP contribution in [0.25, 0.3) is 0 Å². The second-order valence-electron chi connectivity index (χ2n) is 6.42. The molecule has 1 aromatic carbocycles. The Morgan fingerprint density at radius 1 is 1.17 bits per heavy atom. The van der Waals surface area contributed by atoms with Crippen LogP contribution in [0.3, 0.4) is 0 Å². The fourth-order valence-corrected chi connectivity index (χ4v) is 2.54. The van der Waals surface area contributed by atoms with Gasteiger partial charge >= 0.3 is 0 Å². The zero-order valence-corrected chi connectivity index (χ0v) is 12.2. The van der Waals surface area contributed by atoms with Gasteiger partial charge in [-0.05, 0) is 32.8 Å². The van der Waals surface area contributed by atoms with Gasteiger partial charge in [0.1, 0.15) is 0 Å². The summed E-state index contributed by atoms with van der Waals surface area (Å²) < 4.78 is 0. The van der Waals surface area contributed by atoms with Gasteiger partial charge in [-0.25, -0.2) is 0 Å². The predicted octanol–water partition coefficient (Wildman–Crippen LogP) is 3.04. The van der Waals surface area contributed by atoms with Crippen LogP contribution in [0.4, 0.5) is 0 Å². The van der Waals surface area contributed by atoms with E-state index in [9.17, 15) is 0 Å². The quantitative estimate of drug-likeness (QED) is 0.882. The Bertz CT molecular complexity index is 385. The molecule has 1 fully saturated rings. The number of rotatable bonds is 3. The molecule has 0 amide bonds. The van der Waals surface area contributed by atoms with Crippen LogP contribution in [0.5, 0.6) is 0 Å². The van der Waals surface area contributed by atoms with Gasteiger partial charge in [0.2, 0.25) is 0 Å². The summed E-state index contributed by atoms with van der Waals surface area (Å²) in [6, 6.07) is 10.8. The maximum Gasteiger partial charge on any atom is 0.0282 e. The highest BCUT2D eigenvalue weighted by atomic mass is 15.3. The van der Waals surface area contributed by atoms with Gasteiger partial charge in [0.15, 0.2) is 0 Å². The van der Waals surface area contributed by atoms with Gasteiger partial charge < -0.3 is 5.32 Å². The molecule has 1 aliphatic heterocycles. The van der Waals surface area contributed by atoms with Gasteiger partial charge in [0, 0.05) is 30.7 Å². The maximum absolute atomic E-state index is 3.71. The van der Waals surface area contributed by atoms with Crippen molar-refractivity contribution >= 4 is 0 Å². The minimum Gasteiger partial charge on any atom is -0.308 e. The van der Waals surface area contributed by atoms with E-state index in [2.05, 4.69) is 68.2 Å². The molecule has 2 nitrogen and oxygen atoms in total. The first-order valence-corrected chi connectivity index (χ1v) is 6.99. The minimum absolute atomic E-state index is 0.227. The molecule has 1 aliphatic rings. The summed E-state index contributed by atoms with van der Waals surface area (Å²) >= 11 is 0. The second kappa shape index (κ2) is 5.02. The van der Waals surface area contributed by atoms with Gasteiger partial charge in [-0.3, -0.25) is 4.90 Å². The van der Waals surface area contributed by atoms with Crippen molar-refractivity contribution in [1.82, 2.24) is 10.2 Å². The Kier molecular flexibility index (Phi) is 3.79. The first-order chi connectivity index (χ1) is 8.45. The standard InChI is InChI=1S/C16H26N2/c1-5-16(4)13-18(15(2,3)12-17-16)11-14-9-7-6-8-10-14/h6-10,17H,5,11-13H2,1-4H3/t16-/m0/s1. The molecule has 2 heteroatoms. The summed E-state index contributed by atoms with van der Waals surface area (Å²) in [5, 5.41) is 3.71. The number of benzene rings is 1. The van der Waals surface area contributed by atoms with Crippen molar-refractivity contribution in [2.24, 2.45) is 0 Å². The van der Waals surface area contributed by atoms with Crippen molar-refractivity contribution in [2.75, 3.05) is 13.1 Å². The van der Waals surface area contributed by atoms with E-state index in [1.54, 1.807) is 0 Å². The van der Waals surface area contributed by atoms with Crippen LogP contribution < -0.4 is 5.32 Å². The normalized spacial score (nSPS) is 28.2. The molecule has 0 saturated carbocycles. The third kappa shape index (κ3) is 2.93. The van der Waals surface area contributed by atoms with Gasteiger partial charge in [-0.2, -0.15) is 0 Å². The SMILES string of the molecule is CC[C@@]1(C)CN(Cc2ccccc2)C(C)(C)CN1. The van der Waals surface area contributed by atoms with Gasteiger partial charge in [0.05, 0.1) is 0 Å². The van der Waals surface area contributed by atoms with E-state index >= 15 is 0 Å². The van der Waals surface area contributed by atoms with Gasteiger partial charge in [0.25, 0.3) is 0 Å². The van der Waals surface area contributed by atoms with E-state index in [-0.39, 0.29) is 11.1 Å². The van der Waals surface area contributed by atoms with Crippen LogP contribution in [0.15, 0.2) is 30.3 Å². The van der Waals surface area contributed by atoms with Crippen molar-refractivity contribution in [1.29, 1.82) is 0 Å². The van der Waals surface area contributed by atoms with Crippen molar-refractivity contribution in [3.05, 3.63) is 35.9 Å². The molecule has 0 aromatic heterocycles. The molecule has 1 N–H and O–H groups in total. The molecule has 0 radical (unpaired) electrons. The van der Waals surface area contributed by atoms with E-state index in [1.807, 2.05) is 0 Å². The second-order valence-corrected chi connectivity index (χ2v) is 6.42. The number of piperazine rings is 1. The molecule has 18 heavy (non-hydrogen) atoms. The molecule has 0 bridgehead atoms. The number of nitrogens with zero attached hydrogens (tertiary/aromatic N) is 1. The van der Waals surface area contributed by atoms with Crippen LogP contribution in [0, 0.1) is 0 Å². The lowest BCUT2D eigenvalue weighted by Crippen LogP contribution is -2.66. The van der Waals surface area contributed by atoms with Crippen LogP contribution in [-0.2, 0) is 6.54 Å². The average molecular weight is 246 g/mol. The van der Waals surface area contributed by atoms with Gasteiger partial charge in [-0.15, -0.1) is 0 Å². The van der Waals surface area contributed by atoms with Crippen LogP contribution in [0.1, 0.15) is 39.7 Å². The van der Waals surface area contributed by atoms with E-state index in [0.29, 0.717) is 0 Å². The highest BCUT2D eigenvalue weighted by Gasteiger charge is 2.38. The lowest BCUT2D eigenvalue weighted by atomic mass is 9.88. The average Bonchev–Trinajstić information content (AvgIpc) is 2.36. The fraction of sp³-hybridized carbons (Fsp3) is 0.625. The lowest BCUT2D eigenvalue weighted by Gasteiger charge is -2.50. The lowest BCUT2D eigenvalue weighted by molar-refractivity contribution is 0.0246. The van der Waals surface area contributed by atoms with E-state index < -0.39 is 0 Å². The number of nitrogens with one attached hydrogen (secondary N) is 1. The molecular weight excluding hydrogens is 220 g/mol. The third-order valence-corrected chi connectivity index (χ3v) is 4.34. The summed E-state index contributed by atoms with van der Waals surface area (Å²) in [4.78, 5) is 2.61. The molecule has 0 spiro atoms. The first kappa shape index (κ1) is 13.6. The fourth-order valence-electron chi connectivity index (χ4n) is 2.54. The van der Waals surface area contributed by atoms with Crippen LogP contribution >= 0.6 is 0 Å². The molecule has 1 saturated heterocycles. The number of hydrogen-bond acceptors (Lipinski definition) is 2. The molecule has 0 unspecified atom stereocenters. The van der Waals surface area contributed by atoms with Crippen LogP contribution in [0.2, 0.25) is 0 Å². The summed E-state index contributed by atoms with van der Waals surface area (Å²) in [6.07, 6.45) is 1.17. The summed E-state index contributed by atoms with van der Waals surface area (Å²) in [7, 11) is 0. The molecular formula is C16H26N2. The zero-order valence-electron chi connectivity index (χ0n) is 12.2. The van der Waals surface area contributed by atoms with Gasteiger partial charge in [-0.1, -0.05) is 37.3 Å². The van der Waals surface area contributed by atoms with Crippen molar-refractivity contribution < 1.29 is 0 Å². The predicted molar refractivity (Wildman–Crippen MR) is 77.6 cm³/mol. The molecule has 1 atom stereocenters. The molecule has 100 valence electrons. The monoisotopic (exact) mass is 246 g/mol. The Hall–Kier alpha value is -0.860. The molecule has 1 heterocycles. The molecule has 0 aliphatic carbocycles. The van der Waals surface area contributed by atoms with Crippen molar-refractivity contribution in [2.45, 2.75) is 51.7 Å². The van der Waals surface area contributed by atoms with E-state index in [4.69, 9.17) is 0 Å². The Morgan fingerprint density at radius 2 is 1.83 bits per heavy atom. The zero-order chi connectivity index (χ0) is 13.2. The Morgan fingerprint density at radius 3 is 2.44 bits per heavy atom. The smallest absolute Gasteiger partial charge is 0.0282 e. The Balaban J connectivity index is 2.13. The summed E-state index contributed by atoms with van der Waals surface area (Å²) in [5.74, 6) is 0. The largest absolute Gasteiger partial charge is 0.308 e. The van der Waals surface area contributed by atoms with Crippen LogP contribution in [-0.4, -0.2) is 29.1 Å². The third-order valence-electron chi connectivity index (χ3n) is 4.34. The number of hydrogen-bond donors (Lipinski definition) is 1. The van der Waals surface area contributed by atoms with E-state index in [1.165, 1.54) is 12.0 Å². The minimum atomic E-state index is 0.227. The van der Waals surface area contributed by atoms with Crippen molar-refractivity contribution in [3.63, 3.8) is 0 Å². The summed E-state index contributed by atoms with van der Waals surface area (Å²) in [5.41, 5.74) is 1.89. The van der Waals surface area contributed by atoms with E-state index in [0.717, 1.165) is 19.6 Å². The highest BCUT2D eigenvalue weighted by molar-refractivity contribution is 5.15. The molecule has 1 aromatic rings. The topological polar surface area (TPSA) is 15.3 Å². The molecule has 2 rings (SSSR count). The highest BCUT2D eigenvalue weighted by Crippen LogP contribution is 2.27. The van der Waals surface area contributed by atoms with Crippen molar-refractivity contribution in [3.8, 4) is 0 Å². The maximum atomic E-state index is 3.71.